The molecule has 3 rings (SSSR count). The van der Waals surface area contributed by atoms with Crippen molar-refractivity contribution < 1.29 is 28.3 Å². The summed E-state index contributed by atoms with van der Waals surface area (Å²) in [4.78, 5) is 26.1. The van der Waals surface area contributed by atoms with Gasteiger partial charge < -0.3 is 10.0 Å². The minimum absolute atomic E-state index is 0.0220. The van der Waals surface area contributed by atoms with Crippen LogP contribution >= 0.6 is 0 Å². The molecule has 0 aliphatic carbocycles. The number of carbonyl (C=O) groups is 2. The summed E-state index contributed by atoms with van der Waals surface area (Å²) in [5.74, 6) is 4.99. The Balaban J connectivity index is 1.70. The highest BCUT2D eigenvalue weighted by Gasteiger charge is 2.44. The number of hydrogen-bond donors (Lipinski definition) is 3. The maximum Gasteiger partial charge on any atom is 0.328 e. The topological polar surface area (TPSA) is 129 Å². The number of nitrogens with zero attached hydrogens (tertiary/aromatic N) is 2. The van der Waals surface area contributed by atoms with Crippen molar-refractivity contribution in [2.45, 2.75) is 37.7 Å². The van der Waals surface area contributed by atoms with E-state index in [9.17, 15) is 23.1 Å². The number of carbonyl (C=O) groups excluding carboxylic acids is 2. The molecule has 0 fully saturated rings. The number of amides is 2. The van der Waals surface area contributed by atoms with Crippen molar-refractivity contribution in [1.29, 1.82) is 0 Å². The van der Waals surface area contributed by atoms with Crippen molar-refractivity contribution >= 4 is 21.8 Å². The van der Waals surface area contributed by atoms with Crippen LogP contribution in [0.4, 0.5) is 4.79 Å². The molecule has 3 N–H and O–H groups in total. The van der Waals surface area contributed by atoms with Gasteiger partial charge in [0.25, 0.3) is 5.91 Å². The monoisotopic (exact) mass is 459 g/mol. The number of hydrogen-bond acceptors (Lipinski definition) is 6. The lowest BCUT2D eigenvalue weighted by molar-refractivity contribution is -0.131. The third-order valence-corrected chi connectivity index (χ3v) is 7.76. The molecular formula is C22H25N3O6S. The van der Waals surface area contributed by atoms with Crippen LogP contribution in [0.25, 0.3) is 0 Å². The molecule has 0 saturated heterocycles. The Morgan fingerprint density at radius 3 is 2.41 bits per heavy atom. The SMILES string of the molecule is C[C@@H](O)c1ccc(C#Cc2cc3n(c2)C(=O)N(CCC(C)(C(=O)NO)S(C)(=O)=O)C3)cc1. The lowest BCUT2D eigenvalue weighted by Gasteiger charge is -2.27. The molecule has 1 unspecified atom stereocenters. The molecule has 9 nitrogen and oxygen atoms in total. The highest BCUT2D eigenvalue weighted by Crippen LogP contribution is 2.25. The summed E-state index contributed by atoms with van der Waals surface area (Å²) in [7, 11) is -3.84. The maximum atomic E-state index is 12.7. The zero-order chi connectivity index (χ0) is 23.7. The summed E-state index contributed by atoms with van der Waals surface area (Å²) in [5.41, 5.74) is 4.34. The first-order chi connectivity index (χ1) is 15.0. The first-order valence-corrected chi connectivity index (χ1v) is 11.8. The molecule has 1 aliphatic heterocycles. The van der Waals surface area contributed by atoms with Crippen molar-refractivity contribution in [2.75, 3.05) is 12.8 Å². The Hall–Kier alpha value is -3.13. The summed E-state index contributed by atoms with van der Waals surface area (Å²) in [6, 6.07) is 8.68. The zero-order valence-electron chi connectivity index (χ0n) is 18.0. The predicted molar refractivity (Wildman–Crippen MR) is 116 cm³/mol. The van der Waals surface area contributed by atoms with Gasteiger partial charge in [-0.25, -0.2) is 18.7 Å². The molecule has 2 heterocycles. The number of aliphatic hydroxyl groups is 1. The maximum absolute atomic E-state index is 12.7. The van der Waals surface area contributed by atoms with Gasteiger partial charge in [-0.2, -0.15) is 0 Å². The molecule has 1 aromatic carbocycles. The number of rotatable bonds is 6. The minimum Gasteiger partial charge on any atom is -0.389 e. The quantitative estimate of drug-likeness (QED) is 0.340. The number of fused-ring (bicyclic) bond motifs is 1. The van der Waals surface area contributed by atoms with E-state index in [-0.39, 0.29) is 25.5 Å². The van der Waals surface area contributed by atoms with E-state index >= 15 is 0 Å². The van der Waals surface area contributed by atoms with Crippen molar-refractivity contribution in [3.05, 3.63) is 58.9 Å². The van der Waals surface area contributed by atoms with Gasteiger partial charge in [0.05, 0.1) is 12.6 Å². The Morgan fingerprint density at radius 1 is 1.25 bits per heavy atom. The molecule has 170 valence electrons. The number of benzene rings is 1. The number of nitrogens with one attached hydrogen (secondary N) is 1. The predicted octanol–water partition coefficient (Wildman–Crippen LogP) is 1.42. The largest absolute Gasteiger partial charge is 0.389 e. The average Bonchev–Trinajstić information content (AvgIpc) is 3.27. The Kier molecular flexibility index (Phi) is 6.46. The Bertz CT molecular complexity index is 1200. The first kappa shape index (κ1) is 23.5. The van der Waals surface area contributed by atoms with E-state index in [0.717, 1.165) is 17.4 Å². The van der Waals surface area contributed by atoms with Gasteiger partial charge in [-0.05, 0) is 44.0 Å². The second-order valence-electron chi connectivity index (χ2n) is 8.04. The van der Waals surface area contributed by atoms with Crippen molar-refractivity contribution in [3.63, 3.8) is 0 Å². The molecular weight excluding hydrogens is 434 g/mol. The molecule has 0 bridgehead atoms. The van der Waals surface area contributed by atoms with Crippen LogP contribution < -0.4 is 5.48 Å². The summed E-state index contributed by atoms with van der Waals surface area (Å²) in [6.45, 7) is 3.18. The van der Waals surface area contributed by atoms with Gasteiger partial charge in [0.2, 0.25) is 0 Å². The molecule has 32 heavy (non-hydrogen) atoms. The molecule has 0 spiro atoms. The minimum atomic E-state index is -3.84. The second-order valence-corrected chi connectivity index (χ2v) is 10.5. The molecule has 2 aromatic rings. The molecule has 2 amide bonds. The molecule has 0 radical (unpaired) electrons. The fraction of sp³-hybridized carbons (Fsp3) is 0.364. The van der Waals surface area contributed by atoms with Crippen LogP contribution in [0.5, 0.6) is 0 Å². The van der Waals surface area contributed by atoms with E-state index in [1.165, 1.54) is 21.9 Å². The number of hydroxylamine groups is 1. The van der Waals surface area contributed by atoms with Gasteiger partial charge in [-0.1, -0.05) is 24.0 Å². The second kappa shape index (κ2) is 8.78. The van der Waals surface area contributed by atoms with E-state index in [1.54, 1.807) is 31.3 Å². The smallest absolute Gasteiger partial charge is 0.328 e. The van der Waals surface area contributed by atoms with Crippen LogP contribution in [0.2, 0.25) is 0 Å². The molecule has 1 aromatic heterocycles. The fourth-order valence-corrected chi connectivity index (χ4v) is 4.23. The van der Waals surface area contributed by atoms with E-state index in [1.807, 2.05) is 12.1 Å². The van der Waals surface area contributed by atoms with Crippen LogP contribution in [0.1, 0.15) is 48.8 Å². The molecule has 1 aliphatic rings. The van der Waals surface area contributed by atoms with E-state index in [0.29, 0.717) is 11.3 Å². The Morgan fingerprint density at radius 2 is 1.88 bits per heavy atom. The molecule has 10 heteroatoms. The molecule has 2 atom stereocenters. The van der Waals surface area contributed by atoms with E-state index < -0.39 is 26.6 Å². The van der Waals surface area contributed by atoms with Crippen LogP contribution in [0.15, 0.2) is 36.5 Å². The van der Waals surface area contributed by atoms with Crippen LogP contribution in [0.3, 0.4) is 0 Å². The van der Waals surface area contributed by atoms with Crippen LogP contribution in [-0.2, 0) is 21.2 Å². The van der Waals surface area contributed by atoms with Crippen molar-refractivity contribution in [3.8, 4) is 11.8 Å². The van der Waals surface area contributed by atoms with Gasteiger partial charge in [-0.15, -0.1) is 0 Å². The van der Waals surface area contributed by atoms with Gasteiger partial charge in [-0.3, -0.25) is 14.6 Å². The summed E-state index contributed by atoms with van der Waals surface area (Å²) >= 11 is 0. The normalized spacial score (nSPS) is 16.0. The summed E-state index contributed by atoms with van der Waals surface area (Å²) < 4.78 is 23.8. The fourth-order valence-electron chi connectivity index (χ4n) is 3.39. The summed E-state index contributed by atoms with van der Waals surface area (Å²) in [6.07, 6.45) is 1.82. The summed E-state index contributed by atoms with van der Waals surface area (Å²) in [5, 5.41) is 18.5. The average molecular weight is 460 g/mol. The lowest BCUT2D eigenvalue weighted by atomic mass is 10.1. The number of sulfone groups is 1. The first-order valence-electron chi connectivity index (χ1n) is 9.91. The van der Waals surface area contributed by atoms with Crippen molar-refractivity contribution in [2.24, 2.45) is 0 Å². The third-order valence-electron chi connectivity index (χ3n) is 5.73. The number of aliphatic hydroxyl groups excluding tert-OH is 1. The highest BCUT2D eigenvalue weighted by atomic mass is 32.2. The van der Waals surface area contributed by atoms with Crippen LogP contribution in [0, 0.1) is 11.8 Å². The highest BCUT2D eigenvalue weighted by molar-refractivity contribution is 7.92. The van der Waals surface area contributed by atoms with Gasteiger partial charge in [0.1, 0.15) is 0 Å². The lowest BCUT2D eigenvalue weighted by Crippen LogP contribution is -2.50. The third kappa shape index (κ3) is 4.55. The van der Waals surface area contributed by atoms with E-state index in [2.05, 4.69) is 11.8 Å². The Labute approximate surface area is 186 Å². The standard InChI is InChI=1S/C22H25N3O6S/c1-15(26)18-8-6-16(7-9-18)4-5-17-12-19-14-24(21(28)25(19)13-17)11-10-22(2,20(27)23-29)32(3,30)31/h6-9,12-13,15,26,29H,10-11,14H2,1-3H3,(H,23,27)/t15-,22?/m1/s1. The van der Waals surface area contributed by atoms with Crippen molar-refractivity contribution in [1.82, 2.24) is 14.9 Å². The number of aromatic nitrogens is 1. The van der Waals surface area contributed by atoms with Gasteiger partial charge in [0.15, 0.2) is 14.6 Å². The van der Waals surface area contributed by atoms with Crippen LogP contribution in [-0.4, -0.2) is 57.7 Å². The van der Waals surface area contributed by atoms with Gasteiger partial charge >= 0.3 is 6.03 Å². The van der Waals surface area contributed by atoms with Gasteiger partial charge in [0, 0.05) is 35.8 Å². The zero-order valence-corrected chi connectivity index (χ0v) is 18.8. The molecule has 0 saturated carbocycles. The van der Waals surface area contributed by atoms with E-state index in [4.69, 9.17) is 5.21 Å².